The molecule has 6 rings (SSSR count). The predicted octanol–water partition coefficient (Wildman–Crippen LogP) is 4.20. The number of rotatable bonds is 11. The third kappa shape index (κ3) is 5.74. The van der Waals surface area contributed by atoms with E-state index in [0.29, 0.717) is 36.0 Å². The maximum Gasteiger partial charge on any atom is 0.306 e. The average Bonchev–Trinajstić information content (AvgIpc) is 3.47. The number of Topliss-reactive ketones (excluding diaryl/α,β-unsaturated/α-hetero) is 1. The van der Waals surface area contributed by atoms with Gasteiger partial charge in [0.2, 0.25) is 5.78 Å². The van der Waals surface area contributed by atoms with Crippen molar-refractivity contribution >= 4 is 23.5 Å². The van der Waals surface area contributed by atoms with Crippen molar-refractivity contribution < 1.29 is 57.5 Å². The van der Waals surface area contributed by atoms with E-state index in [1.165, 1.54) is 12.2 Å². The van der Waals surface area contributed by atoms with Crippen molar-refractivity contribution in [3.05, 3.63) is 69.3 Å². The number of carbonyl (C=O) groups is 4. The third-order valence-corrected chi connectivity index (χ3v) is 11.7. The molecule has 0 aromatic heterocycles. The van der Waals surface area contributed by atoms with E-state index in [4.69, 9.17) is 18.9 Å². The number of nitrogens with zero attached hydrogens (tertiary/aromatic N) is 1. The van der Waals surface area contributed by atoms with Crippen LogP contribution in [0.5, 0.6) is 0 Å². The standard InChI is InChI=1S/C36H42FNO12/c1-32(2)49-29-16-26-25-10-9-23-15-24(39)13-14-33(23,3)35(25,37)27(40)17-34(26,4)36(29,50-32)28(41)20-47-31(43)12-11-30(42)46-18-21-5-7-22(8-6-21)19-48-38(44)45/h5-8,13-15,25-27,29,40H,9-12,16-20H2,1-4H3/t25?,26?,27-,29+,33-,34-,35-,36+/m0/s1. The molecule has 8 atom stereocenters. The second-order valence-corrected chi connectivity index (χ2v) is 14.9. The first kappa shape index (κ1) is 35.8. The molecule has 4 fully saturated rings. The summed E-state index contributed by atoms with van der Waals surface area (Å²) < 4.78 is 40.9. The zero-order chi connectivity index (χ0) is 36.3. The number of halogens is 1. The van der Waals surface area contributed by atoms with Crippen molar-refractivity contribution in [1.82, 2.24) is 0 Å². The molecule has 3 saturated carbocycles. The second-order valence-electron chi connectivity index (χ2n) is 14.9. The monoisotopic (exact) mass is 699 g/mol. The number of allylic oxidation sites excluding steroid dienone is 4. The molecule has 4 aliphatic carbocycles. The van der Waals surface area contributed by atoms with Crippen LogP contribution in [0, 0.1) is 32.8 Å². The van der Waals surface area contributed by atoms with Crippen LogP contribution in [0.1, 0.15) is 77.3 Å². The second kappa shape index (κ2) is 12.6. The van der Waals surface area contributed by atoms with Crippen LogP contribution in [0.25, 0.3) is 0 Å². The fraction of sp³-hybridized carbons (Fsp3) is 0.611. The number of ketones is 2. The molecule has 1 heterocycles. The summed E-state index contributed by atoms with van der Waals surface area (Å²) in [5.41, 5.74) is -4.18. The zero-order valence-electron chi connectivity index (χ0n) is 28.5. The van der Waals surface area contributed by atoms with Gasteiger partial charge < -0.3 is 28.9 Å². The Morgan fingerprint density at radius 3 is 2.32 bits per heavy atom. The predicted molar refractivity (Wildman–Crippen MR) is 170 cm³/mol. The Labute approximate surface area is 288 Å². The first-order chi connectivity index (χ1) is 23.4. The molecule has 2 unspecified atom stereocenters. The number of fused-ring (bicyclic) bond motifs is 7. The molecule has 0 amide bonds. The minimum Gasteiger partial charge on any atom is -0.461 e. The summed E-state index contributed by atoms with van der Waals surface area (Å²) in [6.07, 6.45) is 2.47. The number of hydrogen-bond acceptors (Lipinski definition) is 12. The van der Waals surface area contributed by atoms with Crippen LogP contribution in [-0.2, 0) is 56.2 Å². The summed E-state index contributed by atoms with van der Waals surface area (Å²) >= 11 is 0. The lowest BCUT2D eigenvalue weighted by atomic mass is 9.44. The Bertz CT molecular complexity index is 1660. The molecule has 270 valence electrons. The summed E-state index contributed by atoms with van der Waals surface area (Å²) in [7, 11) is 0. The van der Waals surface area contributed by atoms with Gasteiger partial charge in [-0.2, -0.15) is 0 Å². The van der Waals surface area contributed by atoms with Gasteiger partial charge in [-0.1, -0.05) is 42.8 Å². The molecule has 1 aromatic rings. The molecule has 5 aliphatic rings. The quantitative estimate of drug-likeness (QED) is 0.198. The smallest absolute Gasteiger partial charge is 0.306 e. The van der Waals surface area contributed by atoms with Crippen LogP contribution in [-0.4, -0.2) is 69.6 Å². The highest BCUT2D eigenvalue weighted by Gasteiger charge is 2.80. The number of carbonyl (C=O) groups excluding carboxylic acids is 4. The van der Waals surface area contributed by atoms with Gasteiger partial charge in [0.25, 0.3) is 5.09 Å². The Balaban J connectivity index is 1.10. The number of esters is 2. The average molecular weight is 700 g/mol. The molecule has 1 N–H and O–H groups in total. The lowest BCUT2D eigenvalue weighted by Crippen LogP contribution is -2.70. The first-order valence-electron chi connectivity index (χ1n) is 16.8. The molecule has 1 aliphatic heterocycles. The Morgan fingerprint density at radius 2 is 1.66 bits per heavy atom. The Morgan fingerprint density at radius 1 is 1.02 bits per heavy atom. The topological polar surface area (TPSA) is 178 Å². The number of hydrogen-bond donors (Lipinski definition) is 1. The van der Waals surface area contributed by atoms with Gasteiger partial charge in [0.1, 0.15) is 13.2 Å². The lowest BCUT2D eigenvalue weighted by Gasteiger charge is -2.62. The molecule has 14 heteroatoms. The maximum atomic E-state index is 17.6. The van der Waals surface area contributed by atoms with E-state index in [2.05, 4.69) is 4.84 Å². The van der Waals surface area contributed by atoms with E-state index in [9.17, 15) is 34.4 Å². The molecule has 0 radical (unpaired) electrons. The van der Waals surface area contributed by atoms with Gasteiger partial charge >= 0.3 is 11.9 Å². The van der Waals surface area contributed by atoms with E-state index >= 15 is 4.39 Å². The number of ether oxygens (including phenoxy) is 4. The summed E-state index contributed by atoms with van der Waals surface area (Å²) in [5, 5.41) is 21.2. The molecule has 13 nitrogen and oxygen atoms in total. The molecular formula is C36H42FNO12. The van der Waals surface area contributed by atoms with Crippen LogP contribution < -0.4 is 0 Å². The van der Waals surface area contributed by atoms with E-state index in [-0.39, 0.29) is 38.3 Å². The summed E-state index contributed by atoms with van der Waals surface area (Å²) in [5.74, 6) is -4.53. The van der Waals surface area contributed by atoms with E-state index < -0.39 is 81.3 Å². The van der Waals surface area contributed by atoms with Gasteiger partial charge in [0.05, 0.1) is 25.0 Å². The van der Waals surface area contributed by atoms with Gasteiger partial charge in [0, 0.05) is 16.7 Å². The van der Waals surface area contributed by atoms with Crippen molar-refractivity contribution in [3.63, 3.8) is 0 Å². The van der Waals surface area contributed by atoms with Crippen molar-refractivity contribution in [3.8, 4) is 0 Å². The highest BCUT2D eigenvalue weighted by molar-refractivity contribution is 6.01. The third-order valence-electron chi connectivity index (χ3n) is 11.7. The molecular weight excluding hydrogens is 657 g/mol. The summed E-state index contributed by atoms with van der Waals surface area (Å²) in [6, 6.07) is 6.44. The van der Waals surface area contributed by atoms with E-state index in [1.807, 2.05) is 6.92 Å². The minimum absolute atomic E-state index is 0.0856. The fourth-order valence-corrected chi connectivity index (χ4v) is 9.43. The molecule has 0 bridgehead atoms. The van der Waals surface area contributed by atoms with Gasteiger partial charge in [-0.05, 0) is 75.7 Å². The number of benzene rings is 1. The SMILES string of the molecule is CC1(C)O[C@@H]2CC3C4CCC5=CC(=O)C=C[C@]5(C)[C@@]4(F)[C@@H](O)C[C@]3(C)[C@]2(C(=O)COC(=O)CCC(=O)OCc2ccc(CO[N+](=O)[O-])cc2)O1. The van der Waals surface area contributed by atoms with E-state index in [0.717, 1.165) is 0 Å². The highest BCUT2D eigenvalue weighted by atomic mass is 19.1. The number of aliphatic hydroxyl groups excluding tert-OH is 1. The molecule has 0 spiro atoms. The van der Waals surface area contributed by atoms with Gasteiger partial charge in [0.15, 0.2) is 29.4 Å². The zero-order valence-corrected chi connectivity index (χ0v) is 28.5. The Hall–Kier alpha value is -4.01. The van der Waals surface area contributed by atoms with Gasteiger partial charge in [-0.25, -0.2) is 4.39 Å². The fourth-order valence-electron chi connectivity index (χ4n) is 9.43. The molecule has 50 heavy (non-hydrogen) atoms. The highest BCUT2D eigenvalue weighted by Crippen LogP contribution is 2.72. The van der Waals surface area contributed by atoms with Crippen LogP contribution in [0.4, 0.5) is 4.39 Å². The lowest BCUT2D eigenvalue weighted by molar-refractivity contribution is -0.763. The normalized spacial score (nSPS) is 36.3. The largest absolute Gasteiger partial charge is 0.461 e. The van der Waals surface area contributed by atoms with E-state index in [1.54, 1.807) is 51.1 Å². The van der Waals surface area contributed by atoms with Crippen LogP contribution in [0.2, 0.25) is 0 Å². The maximum absolute atomic E-state index is 17.6. The molecule has 1 saturated heterocycles. The molecule has 1 aromatic carbocycles. The summed E-state index contributed by atoms with van der Waals surface area (Å²) in [4.78, 5) is 66.1. The van der Waals surface area contributed by atoms with Gasteiger partial charge in [-0.3, -0.25) is 19.2 Å². The van der Waals surface area contributed by atoms with Crippen molar-refractivity contribution in [2.24, 2.45) is 22.7 Å². The van der Waals surface area contributed by atoms with Crippen LogP contribution in [0.15, 0.2) is 48.1 Å². The van der Waals surface area contributed by atoms with Crippen LogP contribution in [0.3, 0.4) is 0 Å². The Kier molecular flexibility index (Phi) is 9.05. The number of alkyl halides is 1. The van der Waals surface area contributed by atoms with Crippen molar-refractivity contribution in [2.75, 3.05) is 6.61 Å². The van der Waals surface area contributed by atoms with Crippen molar-refractivity contribution in [1.29, 1.82) is 0 Å². The van der Waals surface area contributed by atoms with Gasteiger partial charge in [-0.15, -0.1) is 10.1 Å². The number of aliphatic hydroxyl groups is 1. The summed E-state index contributed by atoms with van der Waals surface area (Å²) in [6.45, 7) is 5.93. The minimum atomic E-state index is -2.10. The first-order valence-corrected chi connectivity index (χ1v) is 16.8. The van der Waals surface area contributed by atoms with Crippen LogP contribution >= 0.6 is 0 Å². The van der Waals surface area contributed by atoms with Crippen molar-refractivity contribution in [2.45, 2.75) is 109 Å².